The van der Waals surface area contributed by atoms with Crippen molar-refractivity contribution in [3.05, 3.63) is 46.5 Å². The van der Waals surface area contributed by atoms with Crippen LogP contribution in [0.3, 0.4) is 0 Å². The van der Waals surface area contributed by atoms with Crippen LogP contribution in [0.25, 0.3) is 5.65 Å². The molecule has 0 unspecified atom stereocenters. The molecule has 0 bridgehead atoms. The lowest BCUT2D eigenvalue weighted by Crippen LogP contribution is -2.27. The molecular formula is C13H17N3O2. The Hall–Kier alpha value is -1.72. The number of hydrogen-bond donors (Lipinski definition) is 1. The number of fused-ring (bicyclic) bond motifs is 1. The summed E-state index contributed by atoms with van der Waals surface area (Å²) in [6, 6.07) is 7.02. The number of aromatic nitrogens is 2. The van der Waals surface area contributed by atoms with Gasteiger partial charge in [0.25, 0.3) is 5.56 Å². The molecule has 0 saturated carbocycles. The SMILES string of the molecule is CCN(CCO)Cc1cc(=O)n2ccccc2n1. The summed E-state index contributed by atoms with van der Waals surface area (Å²) in [5.74, 6) is 0. The maximum atomic E-state index is 11.9. The van der Waals surface area contributed by atoms with E-state index in [9.17, 15) is 4.79 Å². The number of hydrogen-bond acceptors (Lipinski definition) is 4. The third-order valence-electron chi connectivity index (χ3n) is 2.87. The van der Waals surface area contributed by atoms with E-state index in [4.69, 9.17) is 5.11 Å². The summed E-state index contributed by atoms with van der Waals surface area (Å²) in [5.41, 5.74) is 1.32. The highest BCUT2D eigenvalue weighted by molar-refractivity contribution is 5.37. The fraction of sp³-hybridized carbons (Fsp3) is 0.385. The molecule has 0 aliphatic carbocycles. The summed E-state index contributed by atoms with van der Waals surface area (Å²) in [6.45, 7) is 4.12. The van der Waals surface area contributed by atoms with Crippen molar-refractivity contribution in [2.75, 3.05) is 19.7 Å². The van der Waals surface area contributed by atoms with Gasteiger partial charge in [-0.1, -0.05) is 13.0 Å². The maximum absolute atomic E-state index is 11.9. The van der Waals surface area contributed by atoms with Gasteiger partial charge in [0.1, 0.15) is 5.65 Å². The normalized spacial score (nSPS) is 11.3. The van der Waals surface area contributed by atoms with Gasteiger partial charge in [0.15, 0.2) is 0 Å². The van der Waals surface area contributed by atoms with Crippen molar-refractivity contribution in [2.45, 2.75) is 13.5 Å². The lowest BCUT2D eigenvalue weighted by Gasteiger charge is -2.18. The molecule has 0 atom stereocenters. The van der Waals surface area contributed by atoms with Crippen molar-refractivity contribution in [3.63, 3.8) is 0 Å². The molecule has 18 heavy (non-hydrogen) atoms. The van der Waals surface area contributed by atoms with Gasteiger partial charge in [0, 0.05) is 25.4 Å². The van der Waals surface area contributed by atoms with E-state index in [1.807, 2.05) is 24.0 Å². The molecule has 0 aliphatic heterocycles. The van der Waals surface area contributed by atoms with Crippen LogP contribution in [0.15, 0.2) is 35.3 Å². The number of pyridine rings is 1. The summed E-state index contributed by atoms with van der Waals surface area (Å²) >= 11 is 0. The minimum Gasteiger partial charge on any atom is -0.395 e. The fourth-order valence-corrected chi connectivity index (χ4v) is 1.90. The van der Waals surface area contributed by atoms with Crippen LogP contribution in [-0.2, 0) is 6.54 Å². The Morgan fingerprint density at radius 3 is 3.00 bits per heavy atom. The molecular weight excluding hydrogens is 230 g/mol. The molecule has 2 rings (SSSR count). The van der Waals surface area contributed by atoms with E-state index in [1.165, 1.54) is 4.40 Å². The zero-order valence-corrected chi connectivity index (χ0v) is 10.4. The average molecular weight is 247 g/mol. The first-order valence-corrected chi connectivity index (χ1v) is 6.05. The van der Waals surface area contributed by atoms with Crippen LogP contribution >= 0.6 is 0 Å². The number of aliphatic hydroxyl groups is 1. The summed E-state index contributed by atoms with van der Waals surface area (Å²) in [4.78, 5) is 18.4. The molecule has 2 heterocycles. The van der Waals surface area contributed by atoms with Crippen LogP contribution in [0, 0.1) is 0 Å². The van der Waals surface area contributed by atoms with Gasteiger partial charge >= 0.3 is 0 Å². The van der Waals surface area contributed by atoms with Gasteiger partial charge in [-0.15, -0.1) is 0 Å². The van der Waals surface area contributed by atoms with Crippen LogP contribution in [-0.4, -0.2) is 39.1 Å². The predicted molar refractivity (Wildman–Crippen MR) is 69.5 cm³/mol. The zero-order chi connectivity index (χ0) is 13.0. The molecule has 0 amide bonds. The van der Waals surface area contributed by atoms with Gasteiger partial charge in [-0.25, -0.2) is 4.98 Å². The smallest absolute Gasteiger partial charge is 0.258 e. The standard InChI is InChI=1S/C13H17N3O2/c1-2-15(7-8-17)10-11-9-13(18)16-6-4-3-5-12(16)14-11/h3-6,9,17H,2,7-8,10H2,1H3. The van der Waals surface area contributed by atoms with Crippen LogP contribution in [0.5, 0.6) is 0 Å². The first-order chi connectivity index (χ1) is 8.74. The Labute approximate surface area is 105 Å². The summed E-state index contributed by atoms with van der Waals surface area (Å²) < 4.78 is 1.52. The van der Waals surface area contributed by atoms with Crippen LogP contribution in [0.4, 0.5) is 0 Å². The van der Waals surface area contributed by atoms with E-state index in [-0.39, 0.29) is 12.2 Å². The van der Waals surface area contributed by atoms with E-state index in [1.54, 1.807) is 18.3 Å². The first-order valence-electron chi connectivity index (χ1n) is 6.05. The molecule has 5 heteroatoms. The second-order valence-electron chi connectivity index (χ2n) is 4.11. The Morgan fingerprint density at radius 2 is 2.28 bits per heavy atom. The zero-order valence-electron chi connectivity index (χ0n) is 10.4. The quantitative estimate of drug-likeness (QED) is 0.836. The van der Waals surface area contributed by atoms with Crippen LogP contribution in [0.2, 0.25) is 0 Å². The maximum Gasteiger partial charge on any atom is 0.258 e. The first kappa shape index (κ1) is 12.7. The highest BCUT2D eigenvalue weighted by Gasteiger charge is 2.06. The Balaban J connectivity index is 2.32. The average Bonchev–Trinajstić information content (AvgIpc) is 2.38. The molecule has 1 N–H and O–H groups in total. The Morgan fingerprint density at radius 1 is 1.44 bits per heavy atom. The summed E-state index contributed by atoms with van der Waals surface area (Å²) in [6.07, 6.45) is 1.71. The van der Waals surface area contributed by atoms with Gasteiger partial charge in [-0.05, 0) is 18.7 Å². The van der Waals surface area contributed by atoms with Crippen LogP contribution < -0.4 is 5.56 Å². The van der Waals surface area contributed by atoms with Crippen molar-refractivity contribution in [1.29, 1.82) is 0 Å². The third kappa shape index (κ3) is 2.75. The van der Waals surface area contributed by atoms with E-state index in [0.29, 0.717) is 18.7 Å². The molecule has 2 aromatic rings. The summed E-state index contributed by atoms with van der Waals surface area (Å²) in [5, 5.41) is 8.94. The molecule has 0 fully saturated rings. The molecule has 0 aromatic carbocycles. The topological polar surface area (TPSA) is 57.8 Å². The second kappa shape index (κ2) is 5.75. The van der Waals surface area contributed by atoms with Crippen LogP contribution in [0.1, 0.15) is 12.6 Å². The molecule has 96 valence electrons. The highest BCUT2D eigenvalue weighted by Crippen LogP contribution is 2.02. The van der Waals surface area contributed by atoms with Gasteiger partial charge in [-0.3, -0.25) is 14.1 Å². The number of rotatable bonds is 5. The van der Waals surface area contributed by atoms with Gasteiger partial charge in [0.2, 0.25) is 0 Å². The molecule has 5 nitrogen and oxygen atoms in total. The molecule has 0 aliphatic rings. The Bertz CT molecular complexity index is 580. The van der Waals surface area contributed by atoms with E-state index in [2.05, 4.69) is 4.98 Å². The van der Waals surface area contributed by atoms with E-state index >= 15 is 0 Å². The van der Waals surface area contributed by atoms with Crippen molar-refractivity contribution in [2.24, 2.45) is 0 Å². The van der Waals surface area contributed by atoms with Gasteiger partial charge < -0.3 is 5.11 Å². The minimum atomic E-state index is -0.0735. The van der Waals surface area contributed by atoms with Gasteiger partial charge in [0.05, 0.1) is 12.3 Å². The lowest BCUT2D eigenvalue weighted by atomic mass is 10.3. The highest BCUT2D eigenvalue weighted by atomic mass is 16.3. The molecule has 0 radical (unpaired) electrons. The largest absolute Gasteiger partial charge is 0.395 e. The number of likely N-dealkylation sites (N-methyl/N-ethyl adjacent to an activating group) is 1. The molecule has 0 spiro atoms. The number of aliphatic hydroxyl groups excluding tert-OH is 1. The van der Waals surface area contributed by atoms with Crippen molar-refractivity contribution < 1.29 is 5.11 Å². The van der Waals surface area contributed by atoms with Crippen molar-refractivity contribution in [1.82, 2.24) is 14.3 Å². The monoisotopic (exact) mass is 247 g/mol. The van der Waals surface area contributed by atoms with E-state index < -0.39 is 0 Å². The van der Waals surface area contributed by atoms with Crippen molar-refractivity contribution in [3.8, 4) is 0 Å². The molecule has 0 saturated heterocycles. The Kier molecular flexibility index (Phi) is 4.07. The lowest BCUT2D eigenvalue weighted by molar-refractivity contribution is 0.195. The predicted octanol–water partition coefficient (Wildman–Crippen LogP) is 0.509. The number of nitrogens with zero attached hydrogens (tertiary/aromatic N) is 3. The fourth-order valence-electron chi connectivity index (χ4n) is 1.90. The third-order valence-corrected chi connectivity index (χ3v) is 2.87. The van der Waals surface area contributed by atoms with E-state index in [0.717, 1.165) is 12.2 Å². The minimum absolute atomic E-state index is 0.0735. The molecule has 2 aromatic heterocycles. The van der Waals surface area contributed by atoms with Gasteiger partial charge in [-0.2, -0.15) is 0 Å². The van der Waals surface area contributed by atoms with Crippen molar-refractivity contribution >= 4 is 5.65 Å². The second-order valence-corrected chi connectivity index (χ2v) is 4.11. The summed E-state index contributed by atoms with van der Waals surface area (Å²) in [7, 11) is 0.